The number of hydrogen-bond acceptors (Lipinski definition) is 17. The highest BCUT2D eigenvalue weighted by Crippen LogP contribution is 2.53. The van der Waals surface area contributed by atoms with Gasteiger partial charge in [-0.2, -0.15) is 0 Å². The fourth-order valence-corrected chi connectivity index (χ4v) is 6.95. The summed E-state index contributed by atoms with van der Waals surface area (Å²) in [6, 6.07) is 8.56. The number of methoxy groups -OCH3 is 3. The molecular weight excluding hydrogens is 668 g/mol. The maximum Gasteiger partial charge on any atom is 0.229 e. The van der Waals surface area contributed by atoms with Gasteiger partial charge in [-0.05, 0) is 35.4 Å². The molecule has 8 N–H and O–H groups in total. The van der Waals surface area contributed by atoms with Gasteiger partial charge in [-0.25, -0.2) is 0 Å². The number of benzene rings is 2. The van der Waals surface area contributed by atoms with Crippen molar-refractivity contribution in [3.8, 4) is 28.7 Å². The van der Waals surface area contributed by atoms with Gasteiger partial charge in [0, 0.05) is 11.8 Å². The summed E-state index contributed by atoms with van der Waals surface area (Å²) >= 11 is 0. The summed E-state index contributed by atoms with van der Waals surface area (Å²) in [7, 11) is 4.27. The molecular formula is C33H44O17. The van der Waals surface area contributed by atoms with Crippen molar-refractivity contribution in [1.82, 2.24) is 0 Å². The first-order chi connectivity index (χ1) is 24.0. The lowest BCUT2D eigenvalue weighted by molar-refractivity contribution is -0.277. The molecule has 0 amide bonds. The summed E-state index contributed by atoms with van der Waals surface area (Å²) in [6.45, 7) is -0.551. The molecule has 0 aromatic heterocycles. The van der Waals surface area contributed by atoms with Gasteiger partial charge in [0.2, 0.25) is 18.3 Å². The molecule has 6 rings (SSSR count). The first-order valence-corrected chi connectivity index (χ1v) is 16.2. The Kier molecular flexibility index (Phi) is 11.2. The number of fused-ring (bicyclic) bond motifs is 1. The monoisotopic (exact) mass is 712 g/mol. The van der Waals surface area contributed by atoms with Gasteiger partial charge in [0.1, 0.15) is 48.8 Å². The first-order valence-electron chi connectivity index (χ1n) is 16.2. The molecule has 17 heteroatoms. The van der Waals surface area contributed by atoms with Crippen LogP contribution in [0.4, 0.5) is 0 Å². The van der Waals surface area contributed by atoms with E-state index in [4.69, 9.17) is 42.6 Å². The van der Waals surface area contributed by atoms with Crippen molar-refractivity contribution in [2.75, 3.05) is 47.8 Å². The van der Waals surface area contributed by atoms with Crippen LogP contribution in [0.2, 0.25) is 0 Å². The second kappa shape index (κ2) is 15.3. The van der Waals surface area contributed by atoms with Gasteiger partial charge in [-0.3, -0.25) is 0 Å². The number of ether oxygens (including phenoxy) is 9. The molecule has 4 saturated heterocycles. The number of aliphatic hydroxyl groups is 8. The Bertz CT molecular complexity index is 1430. The van der Waals surface area contributed by atoms with E-state index in [9.17, 15) is 40.9 Å². The van der Waals surface area contributed by atoms with Crippen LogP contribution in [0.25, 0.3) is 0 Å². The average molecular weight is 713 g/mol. The molecule has 2 aromatic carbocycles. The molecule has 2 aromatic rings. The van der Waals surface area contributed by atoms with Crippen molar-refractivity contribution in [3.05, 3.63) is 41.5 Å². The van der Waals surface area contributed by atoms with Gasteiger partial charge in [-0.1, -0.05) is 6.07 Å². The minimum atomic E-state index is -1.64. The molecule has 14 atom stereocenters. The minimum Gasteiger partial charge on any atom is -0.493 e. The molecule has 0 aliphatic carbocycles. The molecule has 0 bridgehead atoms. The maximum atomic E-state index is 10.5. The topological polar surface area (TPSA) is 245 Å². The lowest BCUT2D eigenvalue weighted by Gasteiger charge is -2.39. The van der Waals surface area contributed by atoms with Crippen molar-refractivity contribution < 1.29 is 83.5 Å². The van der Waals surface area contributed by atoms with Crippen LogP contribution in [0.3, 0.4) is 0 Å². The van der Waals surface area contributed by atoms with Crippen LogP contribution < -0.4 is 23.7 Å². The second-order valence-corrected chi connectivity index (χ2v) is 12.6. The summed E-state index contributed by atoms with van der Waals surface area (Å²) in [6.07, 6.45) is -15.7. The third kappa shape index (κ3) is 6.69. The quantitative estimate of drug-likeness (QED) is 0.127. The van der Waals surface area contributed by atoms with E-state index in [0.29, 0.717) is 24.5 Å². The molecule has 278 valence electrons. The molecule has 4 fully saturated rings. The largest absolute Gasteiger partial charge is 0.493 e. The van der Waals surface area contributed by atoms with Gasteiger partial charge < -0.3 is 83.5 Å². The zero-order valence-corrected chi connectivity index (χ0v) is 27.6. The van der Waals surface area contributed by atoms with Crippen molar-refractivity contribution in [3.63, 3.8) is 0 Å². The van der Waals surface area contributed by atoms with E-state index in [1.165, 1.54) is 21.3 Å². The van der Waals surface area contributed by atoms with Gasteiger partial charge in [0.15, 0.2) is 23.0 Å². The van der Waals surface area contributed by atoms with Crippen molar-refractivity contribution in [1.29, 1.82) is 0 Å². The summed E-state index contributed by atoms with van der Waals surface area (Å²) < 4.78 is 52.1. The first kappa shape index (κ1) is 36.7. The van der Waals surface area contributed by atoms with Crippen molar-refractivity contribution in [2.45, 2.75) is 73.6 Å². The lowest BCUT2D eigenvalue weighted by Crippen LogP contribution is -2.60. The van der Waals surface area contributed by atoms with Crippen LogP contribution in [0.15, 0.2) is 30.3 Å². The lowest BCUT2D eigenvalue weighted by atomic mass is 9.84. The Morgan fingerprint density at radius 1 is 0.560 bits per heavy atom. The Hall–Kier alpha value is -3.04. The minimum absolute atomic E-state index is 0.0586. The van der Waals surface area contributed by atoms with E-state index in [1.54, 1.807) is 24.3 Å². The highest BCUT2D eigenvalue weighted by atomic mass is 16.7. The zero-order chi connectivity index (χ0) is 35.9. The van der Waals surface area contributed by atoms with Crippen LogP contribution in [-0.2, 0) is 18.9 Å². The molecule has 17 nitrogen and oxygen atoms in total. The molecule has 4 heterocycles. The van der Waals surface area contributed by atoms with Gasteiger partial charge in [-0.15, -0.1) is 0 Å². The van der Waals surface area contributed by atoms with Crippen molar-refractivity contribution in [2.24, 2.45) is 11.8 Å². The molecule has 0 saturated carbocycles. The third-order valence-electron chi connectivity index (χ3n) is 9.77. The summed E-state index contributed by atoms with van der Waals surface area (Å²) in [4.78, 5) is 0. The number of aliphatic hydroxyl groups excluding tert-OH is 8. The normalized spacial score (nSPS) is 38.4. The van der Waals surface area contributed by atoms with Crippen LogP contribution in [-0.4, -0.2) is 150 Å². The van der Waals surface area contributed by atoms with E-state index < -0.39 is 86.8 Å². The summed E-state index contributed by atoms with van der Waals surface area (Å²) in [5.74, 6) is 0.766. The highest BCUT2D eigenvalue weighted by molar-refractivity contribution is 5.55. The Balaban J connectivity index is 1.20. The van der Waals surface area contributed by atoms with E-state index in [1.807, 2.05) is 6.07 Å². The van der Waals surface area contributed by atoms with Crippen LogP contribution in [0, 0.1) is 11.8 Å². The van der Waals surface area contributed by atoms with Gasteiger partial charge in [0.05, 0.1) is 60.0 Å². The summed E-state index contributed by atoms with van der Waals surface area (Å²) in [5.41, 5.74) is 1.42. The van der Waals surface area contributed by atoms with Crippen LogP contribution in [0.1, 0.15) is 23.3 Å². The molecule has 50 heavy (non-hydrogen) atoms. The predicted octanol–water partition coefficient (Wildman–Crippen LogP) is -1.85. The fraction of sp³-hybridized carbons (Fsp3) is 0.636. The van der Waals surface area contributed by atoms with E-state index in [2.05, 4.69) is 0 Å². The molecule has 14 unspecified atom stereocenters. The molecule has 0 spiro atoms. The third-order valence-corrected chi connectivity index (χ3v) is 9.77. The van der Waals surface area contributed by atoms with Gasteiger partial charge >= 0.3 is 0 Å². The van der Waals surface area contributed by atoms with Gasteiger partial charge in [0.25, 0.3) is 0 Å². The van der Waals surface area contributed by atoms with E-state index in [-0.39, 0.29) is 34.8 Å². The molecule has 0 radical (unpaired) electrons. The SMILES string of the molecule is COc1ccc(C2OCC3C(c4cc(OC)c(OC5OC(CO)C(O)C(O)C5O)c(OC)c4)OCC23)cc1OC1OC(CO)C(O)C(O)C1O. The average Bonchev–Trinajstić information content (AvgIpc) is 3.75. The Morgan fingerprint density at radius 2 is 1.02 bits per heavy atom. The van der Waals surface area contributed by atoms with Crippen LogP contribution in [0.5, 0.6) is 28.7 Å². The van der Waals surface area contributed by atoms with Crippen molar-refractivity contribution >= 4 is 0 Å². The summed E-state index contributed by atoms with van der Waals surface area (Å²) in [5, 5.41) is 80.9. The predicted molar refractivity (Wildman–Crippen MR) is 166 cm³/mol. The van der Waals surface area contributed by atoms with E-state index >= 15 is 0 Å². The Morgan fingerprint density at radius 3 is 1.50 bits per heavy atom. The molecule has 4 aliphatic heterocycles. The van der Waals surface area contributed by atoms with Crippen LogP contribution >= 0.6 is 0 Å². The second-order valence-electron chi connectivity index (χ2n) is 12.6. The Labute approximate surface area is 287 Å². The number of hydrogen-bond donors (Lipinski definition) is 8. The molecule has 4 aliphatic rings. The highest BCUT2D eigenvalue weighted by Gasteiger charge is 2.50. The maximum absolute atomic E-state index is 10.5. The smallest absolute Gasteiger partial charge is 0.229 e. The fourth-order valence-electron chi connectivity index (χ4n) is 6.95. The number of rotatable bonds is 11. The standard InChI is InChI=1S/C33H44O17/c1-42-17-5-4-13(6-18(17)47-32-27(40)25(38)23(36)21(9-34)48-32)29-15-11-46-30(16(15)12-45-29)14-7-19(43-2)31(20(8-14)44-3)50-33-28(41)26(39)24(37)22(10-35)49-33/h4-8,15-16,21-30,32-41H,9-12H2,1-3H3. The van der Waals surface area contributed by atoms with E-state index in [0.717, 1.165) is 5.56 Å². The zero-order valence-electron chi connectivity index (χ0n) is 27.6.